The molecule has 0 fully saturated rings. The van der Waals surface area contributed by atoms with Crippen molar-refractivity contribution in [3.05, 3.63) is 140 Å². The molecule has 0 atom stereocenters. The Morgan fingerprint density at radius 2 is 1.02 bits per heavy atom. The number of para-hydroxylation sites is 2. The molecule has 9 rings (SSSR count). The van der Waals surface area contributed by atoms with Gasteiger partial charge in [0, 0.05) is 22.7 Å². The molecular formula is C38H23N3. The summed E-state index contributed by atoms with van der Waals surface area (Å²) in [6.07, 6.45) is 2.28. The van der Waals surface area contributed by atoms with Gasteiger partial charge in [-0.3, -0.25) is 4.57 Å². The molecule has 2 heterocycles. The van der Waals surface area contributed by atoms with Crippen LogP contribution in [-0.4, -0.2) is 14.5 Å². The minimum atomic E-state index is 0.833. The van der Waals surface area contributed by atoms with Crippen molar-refractivity contribution in [1.82, 2.24) is 14.5 Å². The second-order valence-electron chi connectivity index (χ2n) is 10.7. The largest absolute Gasteiger partial charge is 0.299 e. The maximum Gasteiger partial charge on any atom is 0.164 e. The molecule has 0 amide bonds. The van der Waals surface area contributed by atoms with Crippen molar-refractivity contribution < 1.29 is 0 Å². The Labute approximate surface area is 237 Å². The van der Waals surface area contributed by atoms with E-state index in [-0.39, 0.29) is 0 Å². The van der Waals surface area contributed by atoms with Crippen molar-refractivity contribution in [1.29, 1.82) is 0 Å². The van der Waals surface area contributed by atoms with Crippen LogP contribution in [0.5, 0.6) is 0 Å². The van der Waals surface area contributed by atoms with E-state index in [4.69, 9.17) is 9.97 Å². The predicted molar refractivity (Wildman–Crippen MR) is 169 cm³/mol. The first kappa shape index (κ1) is 22.3. The normalized spacial score (nSPS) is 11.9. The van der Waals surface area contributed by atoms with Gasteiger partial charge in [-0.15, -0.1) is 0 Å². The van der Waals surface area contributed by atoms with Crippen LogP contribution in [0.2, 0.25) is 0 Å². The summed E-state index contributed by atoms with van der Waals surface area (Å²) >= 11 is 0. The van der Waals surface area contributed by atoms with Gasteiger partial charge in [-0.25, -0.2) is 9.97 Å². The van der Waals surface area contributed by atoms with Gasteiger partial charge in [-0.1, -0.05) is 103 Å². The highest BCUT2D eigenvalue weighted by atomic mass is 15.1. The molecule has 3 heteroatoms. The smallest absolute Gasteiger partial charge is 0.164 e. The third-order valence-corrected chi connectivity index (χ3v) is 8.34. The van der Waals surface area contributed by atoms with Crippen LogP contribution in [0.25, 0.3) is 83.2 Å². The quantitative estimate of drug-likeness (QED) is 0.227. The molecule has 1 aliphatic rings. The summed E-state index contributed by atoms with van der Waals surface area (Å²) in [5, 5.41) is 3.72. The highest BCUT2D eigenvalue weighted by Gasteiger charge is 2.26. The SMILES string of the molecule is c1ccc(-c2nc3ccccc3nc2-n2cc3c4c(cccc42)-c2ccccc2-c2cc4ccccc4cc2-3)cc1. The molecule has 41 heavy (non-hydrogen) atoms. The van der Waals surface area contributed by atoms with E-state index >= 15 is 0 Å². The van der Waals surface area contributed by atoms with Gasteiger partial charge in [0.1, 0.15) is 5.69 Å². The van der Waals surface area contributed by atoms with Crippen LogP contribution in [0.1, 0.15) is 0 Å². The van der Waals surface area contributed by atoms with E-state index in [1.165, 1.54) is 49.5 Å². The zero-order valence-corrected chi connectivity index (χ0v) is 22.1. The Balaban J connectivity index is 1.43. The number of nitrogens with zero attached hydrogens (tertiary/aromatic N) is 3. The van der Waals surface area contributed by atoms with E-state index in [1.54, 1.807) is 0 Å². The Morgan fingerprint density at radius 1 is 0.439 bits per heavy atom. The van der Waals surface area contributed by atoms with Crippen LogP contribution in [-0.2, 0) is 0 Å². The number of benzene rings is 6. The predicted octanol–water partition coefficient (Wildman–Crippen LogP) is 9.71. The van der Waals surface area contributed by atoms with Gasteiger partial charge in [0.05, 0.1) is 16.6 Å². The lowest BCUT2D eigenvalue weighted by Crippen LogP contribution is -2.02. The third-order valence-electron chi connectivity index (χ3n) is 8.34. The molecule has 0 radical (unpaired) electrons. The Bertz CT molecular complexity index is 2310. The Morgan fingerprint density at radius 3 is 1.78 bits per heavy atom. The van der Waals surface area contributed by atoms with Crippen LogP contribution in [0.4, 0.5) is 0 Å². The van der Waals surface area contributed by atoms with E-state index in [1.807, 2.05) is 30.3 Å². The summed E-state index contributed by atoms with van der Waals surface area (Å²) in [6, 6.07) is 47.3. The van der Waals surface area contributed by atoms with Crippen molar-refractivity contribution in [2.24, 2.45) is 0 Å². The van der Waals surface area contributed by atoms with Crippen LogP contribution < -0.4 is 0 Å². The summed E-state index contributed by atoms with van der Waals surface area (Å²) in [6.45, 7) is 0. The molecule has 0 saturated heterocycles. The molecule has 190 valence electrons. The molecule has 2 aromatic heterocycles. The summed E-state index contributed by atoms with van der Waals surface area (Å²) in [5.41, 5.74) is 12.3. The molecule has 3 nitrogen and oxygen atoms in total. The monoisotopic (exact) mass is 521 g/mol. The molecule has 0 saturated carbocycles. The Hall–Kier alpha value is -5.54. The third kappa shape index (κ3) is 3.26. The van der Waals surface area contributed by atoms with E-state index in [2.05, 4.69) is 114 Å². The number of rotatable bonds is 2. The van der Waals surface area contributed by atoms with Gasteiger partial charge in [0.25, 0.3) is 0 Å². The minimum absolute atomic E-state index is 0.833. The first-order valence-corrected chi connectivity index (χ1v) is 13.9. The lowest BCUT2D eigenvalue weighted by molar-refractivity contribution is 1.04. The minimum Gasteiger partial charge on any atom is -0.299 e. The second-order valence-corrected chi connectivity index (χ2v) is 10.7. The van der Waals surface area contributed by atoms with Crippen molar-refractivity contribution in [3.8, 4) is 50.5 Å². The fourth-order valence-electron chi connectivity index (χ4n) is 6.48. The van der Waals surface area contributed by atoms with Gasteiger partial charge < -0.3 is 0 Å². The van der Waals surface area contributed by atoms with E-state index in [0.717, 1.165) is 33.6 Å². The van der Waals surface area contributed by atoms with E-state index in [0.29, 0.717) is 0 Å². The van der Waals surface area contributed by atoms with Gasteiger partial charge >= 0.3 is 0 Å². The lowest BCUT2D eigenvalue weighted by Gasteiger charge is -2.14. The summed E-state index contributed by atoms with van der Waals surface area (Å²) < 4.78 is 2.25. The maximum absolute atomic E-state index is 5.24. The molecular weight excluding hydrogens is 498 g/mol. The fraction of sp³-hybridized carbons (Fsp3) is 0. The number of hydrogen-bond acceptors (Lipinski definition) is 2. The Kier molecular flexibility index (Phi) is 4.61. The zero-order chi connectivity index (χ0) is 26.9. The number of aromatic nitrogens is 3. The molecule has 6 aromatic carbocycles. The van der Waals surface area contributed by atoms with Crippen molar-refractivity contribution in [2.45, 2.75) is 0 Å². The van der Waals surface area contributed by atoms with Crippen molar-refractivity contribution >= 4 is 32.7 Å². The first-order chi connectivity index (χ1) is 20.3. The molecule has 0 bridgehead atoms. The van der Waals surface area contributed by atoms with Crippen molar-refractivity contribution in [3.63, 3.8) is 0 Å². The van der Waals surface area contributed by atoms with Gasteiger partial charge in [-0.05, 0) is 68.9 Å². The van der Waals surface area contributed by atoms with Gasteiger partial charge in [0.2, 0.25) is 0 Å². The van der Waals surface area contributed by atoms with Gasteiger partial charge in [0.15, 0.2) is 5.82 Å². The highest BCUT2D eigenvalue weighted by molar-refractivity contribution is 6.15. The molecule has 8 aromatic rings. The standard InChI is InChI=1S/C38H23N3/c1-2-11-24(12-3-1)37-38(40-34-19-9-8-18-33(34)39-37)41-23-32-31-22-26-14-5-4-13-25(26)21-30(31)28-16-7-6-15-27(28)29-17-10-20-35(41)36(29)32/h1-23H. The highest BCUT2D eigenvalue weighted by Crippen LogP contribution is 2.49. The van der Waals surface area contributed by atoms with Crippen LogP contribution in [0, 0.1) is 0 Å². The lowest BCUT2D eigenvalue weighted by atomic mass is 9.91. The van der Waals surface area contributed by atoms with Crippen LogP contribution >= 0.6 is 0 Å². The fourth-order valence-corrected chi connectivity index (χ4v) is 6.48. The summed E-state index contributed by atoms with van der Waals surface area (Å²) in [4.78, 5) is 10.4. The maximum atomic E-state index is 5.24. The first-order valence-electron chi connectivity index (χ1n) is 13.9. The average Bonchev–Trinajstić information content (AvgIpc) is 3.39. The van der Waals surface area contributed by atoms with Crippen molar-refractivity contribution in [2.75, 3.05) is 0 Å². The number of hydrogen-bond donors (Lipinski definition) is 0. The topological polar surface area (TPSA) is 30.7 Å². The molecule has 0 unspecified atom stereocenters. The molecule has 1 aliphatic carbocycles. The van der Waals surface area contributed by atoms with Crippen LogP contribution in [0.15, 0.2) is 140 Å². The summed E-state index contributed by atoms with van der Waals surface area (Å²) in [5.74, 6) is 0.833. The van der Waals surface area contributed by atoms with Crippen LogP contribution in [0.3, 0.4) is 0 Å². The zero-order valence-electron chi connectivity index (χ0n) is 22.1. The molecule has 0 spiro atoms. The second kappa shape index (κ2) is 8.48. The van der Waals surface area contributed by atoms with E-state index in [9.17, 15) is 0 Å². The molecule has 0 aliphatic heterocycles. The molecule has 0 N–H and O–H groups in total. The average molecular weight is 522 g/mol. The van der Waals surface area contributed by atoms with E-state index < -0.39 is 0 Å². The summed E-state index contributed by atoms with van der Waals surface area (Å²) in [7, 11) is 0. The number of fused-ring (bicyclic) bond motifs is 7. The van der Waals surface area contributed by atoms with Gasteiger partial charge in [-0.2, -0.15) is 0 Å².